The number of rotatable bonds is 5. The molecule has 108 valence electrons. The molecule has 0 aliphatic heterocycles. The van der Waals surface area contributed by atoms with Gasteiger partial charge in [-0.15, -0.1) is 11.3 Å². The molecule has 0 amide bonds. The largest absolute Gasteiger partial charge is 0.387 e. The second kappa shape index (κ2) is 6.35. The van der Waals surface area contributed by atoms with E-state index in [4.69, 9.17) is 0 Å². The molecule has 0 saturated carbocycles. The minimum atomic E-state index is -0.497. The van der Waals surface area contributed by atoms with Gasteiger partial charge >= 0.3 is 0 Å². The summed E-state index contributed by atoms with van der Waals surface area (Å²) in [6, 6.07) is 18.0. The quantitative estimate of drug-likeness (QED) is 0.755. The number of aliphatic hydroxyl groups is 1. The van der Waals surface area contributed by atoms with Gasteiger partial charge in [0.1, 0.15) is 5.01 Å². The monoisotopic (exact) mass is 298 g/mol. The number of benzene rings is 2. The molecule has 3 nitrogen and oxygen atoms in total. The first kappa shape index (κ1) is 14.2. The first-order chi connectivity index (χ1) is 10.2. The molecule has 2 unspecified atom stereocenters. The second-order valence-corrected chi connectivity index (χ2v) is 6.14. The van der Waals surface area contributed by atoms with Gasteiger partial charge in [-0.1, -0.05) is 42.5 Å². The van der Waals surface area contributed by atoms with Gasteiger partial charge in [-0.25, -0.2) is 4.98 Å². The lowest BCUT2D eigenvalue weighted by molar-refractivity contribution is 0.171. The topological polar surface area (TPSA) is 45.1 Å². The molecule has 0 spiro atoms. The van der Waals surface area contributed by atoms with E-state index < -0.39 is 6.10 Å². The molecule has 3 rings (SSSR count). The molecule has 0 radical (unpaired) electrons. The van der Waals surface area contributed by atoms with Gasteiger partial charge in [-0.2, -0.15) is 0 Å². The fourth-order valence-corrected chi connectivity index (χ4v) is 3.24. The fourth-order valence-electron chi connectivity index (χ4n) is 2.24. The smallest absolute Gasteiger partial charge is 0.111 e. The molecule has 0 fully saturated rings. The highest BCUT2D eigenvalue weighted by Gasteiger charge is 2.13. The van der Waals surface area contributed by atoms with Crippen molar-refractivity contribution in [2.75, 3.05) is 6.54 Å². The predicted octanol–water partition coefficient (Wildman–Crippen LogP) is 3.68. The molecule has 2 N–H and O–H groups in total. The van der Waals surface area contributed by atoms with Gasteiger partial charge in [0.05, 0.1) is 22.4 Å². The molecule has 0 aliphatic rings. The van der Waals surface area contributed by atoms with Gasteiger partial charge in [0.25, 0.3) is 0 Å². The number of thiazole rings is 1. The van der Waals surface area contributed by atoms with Crippen molar-refractivity contribution >= 4 is 21.6 Å². The highest BCUT2D eigenvalue weighted by atomic mass is 32.1. The van der Waals surface area contributed by atoms with E-state index in [9.17, 15) is 5.11 Å². The lowest BCUT2D eigenvalue weighted by Gasteiger charge is -2.15. The second-order valence-electron chi connectivity index (χ2n) is 5.08. The number of nitrogens with zero attached hydrogens (tertiary/aromatic N) is 1. The molecule has 21 heavy (non-hydrogen) atoms. The molecule has 0 aliphatic carbocycles. The average molecular weight is 298 g/mol. The van der Waals surface area contributed by atoms with Gasteiger partial charge < -0.3 is 10.4 Å². The fraction of sp³-hybridized carbons (Fsp3) is 0.235. The van der Waals surface area contributed by atoms with Crippen molar-refractivity contribution in [2.24, 2.45) is 0 Å². The van der Waals surface area contributed by atoms with Crippen molar-refractivity contribution < 1.29 is 5.11 Å². The van der Waals surface area contributed by atoms with Crippen LogP contribution < -0.4 is 5.32 Å². The molecule has 1 heterocycles. The van der Waals surface area contributed by atoms with Crippen LogP contribution in [-0.4, -0.2) is 16.6 Å². The predicted molar refractivity (Wildman–Crippen MR) is 87.4 cm³/mol. The summed E-state index contributed by atoms with van der Waals surface area (Å²) in [6.45, 7) is 2.59. The van der Waals surface area contributed by atoms with E-state index in [1.54, 1.807) is 11.3 Å². The van der Waals surface area contributed by atoms with Crippen LogP contribution in [0.25, 0.3) is 10.2 Å². The van der Waals surface area contributed by atoms with E-state index in [-0.39, 0.29) is 6.04 Å². The van der Waals surface area contributed by atoms with Crippen LogP contribution in [0.1, 0.15) is 29.6 Å². The summed E-state index contributed by atoms with van der Waals surface area (Å²) in [5.41, 5.74) is 1.97. The maximum atomic E-state index is 10.2. The third-order valence-electron chi connectivity index (χ3n) is 3.48. The Kier molecular flexibility index (Phi) is 4.29. The lowest BCUT2D eigenvalue weighted by Crippen LogP contribution is -2.24. The highest BCUT2D eigenvalue weighted by molar-refractivity contribution is 7.18. The highest BCUT2D eigenvalue weighted by Crippen LogP contribution is 2.26. The summed E-state index contributed by atoms with van der Waals surface area (Å²) >= 11 is 1.70. The minimum absolute atomic E-state index is 0.126. The summed E-state index contributed by atoms with van der Waals surface area (Å²) in [4.78, 5) is 4.64. The third-order valence-corrected chi connectivity index (χ3v) is 4.70. The van der Waals surface area contributed by atoms with Crippen LogP contribution in [0, 0.1) is 0 Å². The molecular formula is C17H18N2OS. The molecule has 1 aromatic heterocycles. The van der Waals surface area contributed by atoms with Gasteiger partial charge in [0.15, 0.2) is 0 Å². The Hall–Kier alpha value is -1.75. The lowest BCUT2D eigenvalue weighted by atomic mass is 10.1. The zero-order valence-corrected chi connectivity index (χ0v) is 12.7. The normalized spacial score (nSPS) is 14.2. The summed E-state index contributed by atoms with van der Waals surface area (Å²) < 4.78 is 1.20. The van der Waals surface area contributed by atoms with Gasteiger partial charge in [0.2, 0.25) is 0 Å². The first-order valence-corrected chi connectivity index (χ1v) is 7.87. The molecule has 0 saturated heterocycles. The minimum Gasteiger partial charge on any atom is -0.387 e. The van der Waals surface area contributed by atoms with Crippen molar-refractivity contribution in [1.82, 2.24) is 10.3 Å². The van der Waals surface area contributed by atoms with Crippen LogP contribution in [0.5, 0.6) is 0 Å². The standard InChI is InChI=1S/C17H18N2OS/c1-12(17-19-14-9-5-6-10-16(14)21-17)18-11-15(20)13-7-3-2-4-8-13/h2-10,12,15,18,20H,11H2,1H3. The SMILES string of the molecule is CC(NCC(O)c1ccccc1)c1nc2ccccc2s1. The van der Waals surface area contributed by atoms with Gasteiger partial charge in [0, 0.05) is 6.54 Å². The van der Waals surface area contributed by atoms with E-state index in [1.165, 1.54) is 4.70 Å². The number of aliphatic hydroxyl groups excluding tert-OH is 1. The Morgan fingerprint density at radius 1 is 1.10 bits per heavy atom. The van der Waals surface area contributed by atoms with Crippen LogP contribution >= 0.6 is 11.3 Å². The van der Waals surface area contributed by atoms with E-state index in [0.717, 1.165) is 16.1 Å². The van der Waals surface area contributed by atoms with Crippen molar-refractivity contribution in [3.05, 3.63) is 65.2 Å². The molecular weight excluding hydrogens is 280 g/mol. The Morgan fingerprint density at radius 2 is 1.81 bits per heavy atom. The van der Waals surface area contributed by atoms with Crippen LogP contribution in [0.4, 0.5) is 0 Å². The van der Waals surface area contributed by atoms with Crippen molar-refractivity contribution in [3.63, 3.8) is 0 Å². The summed E-state index contributed by atoms with van der Waals surface area (Å²) in [6.07, 6.45) is -0.497. The Labute approximate surface area is 128 Å². The summed E-state index contributed by atoms with van der Waals surface area (Å²) in [7, 11) is 0. The zero-order chi connectivity index (χ0) is 14.7. The van der Waals surface area contributed by atoms with Gasteiger partial charge in [-0.05, 0) is 24.6 Å². The Bertz CT molecular complexity index is 678. The van der Waals surface area contributed by atoms with Crippen molar-refractivity contribution in [1.29, 1.82) is 0 Å². The first-order valence-electron chi connectivity index (χ1n) is 7.06. The Morgan fingerprint density at radius 3 is 2.57 bits per heavy atom. The van der Waals surface area contributed by atoms with Crippen LogP contribution in [0.15, 0.2) is 54.6 Å². The van der Waals surface area contributed by atoms with E-state index in [0.29, 0.717) is 6.54 Å². The van der Waals surface area contributed by atoms with Crippen LogP contribution in [-0.2, 0) is 0 Å². The van der Waals surface area contributed by atoms with Crippen molar-refractivity contribution in [2.45, 2.75) is 19.1 Å². The molecule has 0 bridgehead atoms. The number of hydrogen-bond acceptors (Lipinski definition) is 4. The van der Waals surface area contributed by atoms with E-state index in [1.807, 2.05) is 48.5 Å². The maximum Gasteiger partial charge on any atom is 0.111 e. The molecule has 4 heteroatoms. The van der Waals surface area contributed by atoms with Crippen LogP contribution in [0.3, 0.4) is 0 Å². The van der Waals surface area contributed by atoms with Crippen molar-refractivity contribution in [3.8, 4) is 0 Å². The zero-order valence-electron chi connectivity index (χ0n) is 11.9. The molecule has 3 aromatic rings. The number of nitrogens with one attached hydrogen (secondary N) is 1. The number of fused-ring (bicyclic) bond motifs is 1. The maximum absolute atomic E-state index is 10.2. The number of para-hydroxylation sites is 1. The van der Waals surface area contributed by atoms with E-state index in [2.05, 4.69) is 23.3 Å². The summed E-state index contributed by atoms with van der Waals surface area (Å²) in [5, 5.41) is 14.6. The number of aromatic nitrogens is 1. The average Bonchev–Trinajstić information content (AvgIpc) is 2.97. The van der Waals surface area contributed by atoms with Gasteiger partial charge in [-0.3, -0.25) is 0 Å². The van der Waals surface area contributed by atoms with E-state index >= 15 is 0 Å². The van der Waals surface area contributed by atoms with Crippen LogP contribution in [0.2, 0.25) is 0 Å². The number of hydrogen-bond donors (Lipinski definition) is 2. The molecule has 2 aromatic carbocycles. The molecule has 2 atom stereocenters. The third kappa shape index (κ3) is 3.29. The summed E-state index contributed by atoms with van der Waals surface area (Å²) in [5.74, 6) is 0. The Balaban J connectivity index is 1.65.